The number of rotatable bonds is 4. The number of benzene rings is 1. The summed E-state index contributed by atoms with van der Waals surface area (Å²) < 4.78 is 6.40. The van der Waals surface area contributed by atoms with E-state index < -0.39 is 5.97 Å². The minimum absolute atomic E-state index is 0.140. The van der Waals surface area contributed by atoms with E-state index in [-0.39, 0.29) is 12.2 Å². The maximum Gasteiger partial charge on any atom is 0.358 e. The third-order valence-electron chi connectivity index (χ3n) is 2.63. The largest absolute Gasteiger partial charge is 0.476 e. The van der Waals surface area contributed by atoms with Crippen molar-refractivity contribution >= 4 is 17.6 Å². The zero-order chi connectivity index (χ0) is 14.8. The van der Waals surface area contributed by atoms with Crippen LogP contribution in [0.4, 0.5) is 0 Å². The van der Waals surface area contributed by atoms with Gasteiger partial charge in [-0.15, -0.1) is 5.10 Å². The SMILES string of the molecule is O=C(O)c1cn(Cc2nc(-c3ccc(Cl)cc3)no2)nn1. The van der Waals surface area contributed by atoms with E-state index in [2.05, 4.69) is 20.5 Å². The lowest BCUT2D eigenvalue weighted by Gasteiger charge is -1.94. The van der Waals surface area contributed by atoms with Gasteiger partial charge in [-0.3, -0.25) is 0 Å². The molecule has 0 bridgehead atoms. The van der Waals surface area contributed by atoms with Crippen LogP contribution >= 0.6 is 11.6 Å². The first-order valence-electron chi connectivity index (χ1n) is 5.84. The van der Waals surface area contributed by atoms with E-state index in [0.29, 0.717) is 16.7 Å². The summed E-state index contributed by atoms with van der Waals surface area (Å²) >= 11 is 5.81. The molecule has 0 atom stereocenters. The number of nitrogens with zero attached hydrogens (tertiary/aromatic N) is 5. The summed E-state index contributed by atoms with van der Waals surface area (Å²) in [4.78, 5) is 14.9. The van der Waals surface area contributed by atoms with Gasteiger partial charge >= 0.3 is 5.97 Å². The van der Waals surface area contributed by atoms with Crippen LogP contribution in [0.2, 0.25) is 5.02 Å². The maximum atomic E-state index is 10.7. The summed E-state index contributed by atoms with van der Waals surface area (Å²) in [6, 6.07) is 7.00. The van der Waals surface area contributed by atoms with Crippen molar-refractivity contribution in [1.29, 1.82) is 0 Å². The number of carbonyl (C=O) groups is 1. The highest BCUT2D eigenvalue weighted by atomic mass is 35.5. The molecule has 0 aliphatic carbocycles. The fourth-order valence-electron chi connectivity index (χ4n) is 1.65. The van der Waals surface area contributed by atoms with Crippen LogP contribution in [0.5, 0.6) is 0 Å². The molecule has 3 rings (SSSR count). The second-order valence-electron chi connectivity index (χ2n) is 4.13. The van der Waals surface area contributed by atoms with Gasteiger partial charge in [-0.2, -0.15) is 4.98 Å². The lowest BCUT2D eigenvalue weighted by Crippen LogP contribution is -2.01. The molecule has 106 valence electrons. The first kappa shape index (κ1) is 13.3. The van der Waals surface area contributed by atoms with Gasteiger partial charge < -0.3 is 9.63 Å². The molecule has 0 amide bonds. The molecule has 1 N–H and O–H groups in total. The Morgan fingerprint density at radius 2 is 2.10 bits per heavy atom. The van der Waals surface area contributed by atoms with Gasteiger partial charge in [0.25, 0.3) is 0 Å². The summed E-state index contributed by atoms with van der Waals surface area (Å²) in [5, 5.41) is 20.4. The maximum absolute atomic E-state index is 10.7. The van der Waals surface area contributed by atoms with Crippen molar-refractivity contribution in [2.45, 2.75) is 6.54 Å². The summed E-state index contributed by atoms with van der Waals surface area (Å²) in [5.41, 5.74) is 0.617. The second kappa shape index (κ2) is 5.33. The fourth-order valence-corrected chi connectivity index (χ4v) is 1.77. The standard InChI is InChI=1S/C12H8ClN5O3/c13-8-3-1-7(2-4-8)11-14-10(21-16-11)6-18-5-9(12(19)20)15-17-18/h1-5H,6H2,(H,19,20). The summed E-state index contributed by atoms with van der Waals surface area (Å²) in [5.74, 6) is -0.435. The molecule has 1 aromatic carbocycles. The summed E-state index contributed by atoms with van der Waals surface area (Å²) in [6.07, 6.45) is 1.29. The number of aromatic nitrogens is 5. The molecule has 0 unspecified atom stereocenters. The normalized spacial score (nSPS) is 10.7. The third-order valence-corrected chi connectivity index (χ3v) is 2.88. The molecule has 2 heterocycles. The number of halogens is 1. The van der Waals surface area contributed by atoms with Crippen LogP contribution in [0.1, 0.15) is 16.4 Å². The van der Waals surface area contributed by atoms with Crippen molar-refractivity contribution < 1.29 is 14.4 Å². The van der Waals surface area contributed by atoms with Crippen molar-refractivity contribution in [3.63, 3.8) is 0 Å². The lowest BCUT2D eigenvalue weighted by atomic mass is 10.2. The molecule has 0 aliphatic rings. The fraction of sp³-hybridized carbons (Fsp3) is 0.0833. The van der Waals surface area contributed by atoms with E-state index in [1.165, 1.54) is 10.9 Å². The van der Waals surface area contributed by atoms with Crippen molar-refractivity contribution in [2.75, 3.05) is 0 Å². The molecule has 2 aromatic heterocycles. The Morgan fingerprint density at radius 1 is 1.33 bits per heavy atom. The first-order valence-corrected chi connectivity index (χ1v) is 6.21. The Morgan fingerprint density at radius 3 is 2.76 bits per heavy atom. The van der Waals surface area contributed by atoms with Crippen LogP contribution in [0, 0.1) is 0 Å². The molecule has 0 saturated carbocycles. The predicted molar refractivity (Wildman–Crippen MR) is 70.8 cm³/mol. The average Bonchev–Trinajstić information content (AvgIpc) is 3.10. The Kier molecular flexibility index (Phi) is 3.36. The van der Waals surface area contributed by atoms with Gasteiger partial charge in [-0.25, -0.2) is 9.48 Å². The number of hydrogen-bond donors (Lipinski definition) is 1. The predicted octanol–water partition coefficient (Wildman–Crippen LogP) is 1.73. The van der Waals surface area contributed by atoms with Crippen LogP contribution in [0.15, 0.2) is 35.0 Å². The Labute approximate surface area is 123 Å². The van der Waals surface area contributed by atoms with Crippen LogP contribution in [0.3, 0.4) is 0 Å². The monoisotopic (exact) mass is 305 g/mol. The first-order chi connectivity index (χ1) is 10.1. The Hall–Kier alpha value is -2.74. The quantitative estimate of drug-likeness (QED) is 0.782. The second-order valence-corrected chi connectivity index (χ2v) is 4.56. The molecule has 0 radical (unpaired) electrons. The number of carboxylic acids is 1. The van der Waals surface area contributed by atoms with Crippen LogP contribution in [0.25, 0.3) is 11.4 Å². The topological polar surface area (TPSA) is 107 Å². The summed E-state index contributed by atoms with van der Waals surface area (Å²) in [7, 11) is 0. The van der Waals surface area contributed by atoms with E-state index in [1.807, 2.05) is 0 Å². The van der Waals surface area contributed by atoms with Gasteiger partial charge in [0.1, 0.15) is 6.54 Å². The van der Waals surface area contributed by atoms with E-state index in [0.717, 1.165) is 5.56 Å². The van der Waals surface area contributed by atoms with E-state index in [4.69, 9.17) is 21.2 Å². The molecule has 21 heavy (non-hydrogen) atoms. The van der Waals surface area contributed by atoms with Gasteiger partial charge in [0.2, 0.25) is 11.7 Å². The van der Waals surface area contributed by atoms with Crippen molar-refractivity contribution in [1.82, 2.24) is 25.1 Å². The highest BCUT2D eigenvalue weighted by molar-refractivity contribution is 6.30. The number of hydrogen-bond acceptors (Lipinski definition) is 6. The average molecular weight is 306 g/mol. The van der Waals surface area contributed by atoms with Gasteiger partial charge in [0.15, 0.2) is 5.69 Å². The molecular weight excluding hydrogens is 298 g/mol. The molecule has 0 saturated heterocycles. The molecule has 8 nitrogen and oxygen atoms in total. The van der Waals surface area contributed by atoms with Crippen molar-refractivity contribution in [3.05, 3.63) is 47.1 Å². The molecule has 0 fully saturated rings. The highest BCUT2D eigenvalue weighted by Gasteiger charge is 2.12. The van der Waals surface area contributed by atoms with Crippen LogP contribution < -0.4 is 0 Å². The Bertz CT molecular complexity index is 780. The van der Waals surface area contributed by atoms with E-state index in [9.17, 15) is 4.79 Å². The summed E-state index contributed by atoms with van der Waals surface area (Å²) in [6.45, 7) is 0.140. The number of carboxylic acid groups (broad SMARTS) is 1. The molecule has 0 aliphatic heterocycles. The van der Waals surface area contributed by atoms with Gasteiger partial charge in [-0.05, 0) is 24.3 Å². The van der Waals surface area contributed by atoms with Crippen LogP contribution in [-0.2, 0) is 6.54 Å². The van der Waals surface area contributed by atoms with Gasteiger partial charge in [0.05, 0.1) is 6.20 Å². The molecule has 0 spiro atoms. The number of aromatic carboxylic acids is 1. The highest BCUT2D eigenvalue weighted by Crippen LogP contribution is 2.18. The minimum atomic E-state index is -1.14. The third kappa shape index (κ3) is 2.90. The van der Waals surface area contributed by atoms with E-state index >= 15 is 0 Å². The van der Waals surface area contributed by atoms with Gasteiger partial charge in [0, 0.05) is 10.6 Å². The molecule has 3 aromatic rings. The zero-order valence-corrected chi connectivity index (χ0v) is 11.2. The lowest BCUT2D eigenvalue weighted by molar-refractivity contribution is 0.0690. The zero-order valence-electron chi connectivity index (χ0n) is 10.5. The minimum Gasteiger partial charge on any atom is -0.476 e. The van der Waals surface area contributed by atoms with Crippen molar-refractivity contribution in [3.8, 4) is 11.4 Å². The molecule has 9 heteroatoms. The molecular formula is C12H8ClN5O3. The van der Waals surface area contributed by atoms with Crippen LogP contribution in [-0.4, -0.2) is 36.2 Å². The Balaban J connectivity index is 1.78. The van der Waals surface area contributed by atoms with E-state index in [1.54, 1.807) is 24.3 Å². The van der Waals surface area contributed by atoms with Crippen molar-refractivity contribution in [2.24, 2.45) is 0 Å². The van der Waals surface area contributed by atoms with Gasteiger partial charge in [-0.1, -0.05) is 22.0 Å². The smallest absolute Gasteiger partial charge is 0.358 e.